The van der Waals surface area contributed by atoms with E-state index in [1.165, 1.54) is 0 Å². The monoisotopic (exact) mass is 403 g/mol. The number of carbonyl (C=O) groups excluding carboxylic acids is 1. The van der Waals surface area contributed by atoms with E-state index in [1.807, 2.05) is 41.3 Å². The van der Waals surface area contributed by atoms with Crippen molar-refractivity contribution in [3.63, 3.8) is 0 Å². The number of nitrogens with one attached hydrogen (secondary N) is 1. The molecule has 152 valence electrons. The first-order chi connectivity index (χ1) is 14.7. The van der Waals surface area contributed by atoms with Gasteiger partial charge in [0.15, 0.2) is 5.65 Å². The zero-order chi connectivity index (χ0) is 20.5. The van der Waals surface area contributed by atoms with E-state index < -0.39 is 0 Å². The van der Waals surface area contributed by atoms with E-state index in [2.05, 4.69) is 14.9 Å². The van der Waals surface area contributed by atoms with Gasteiger partial charge in [-0.25, -0.2) is 14.8 Å². The highest BCUT2D eigenvalue weighted by Crippen LogP contribution is 2.32. The molecule has 8 nitrogen and oxygen atoms in total. The molecule has 1 aliphatic heterocycles. The van der Waals surface area contributed by atoms with E-state index in [9.17, 15) is 4.79 Å². The number of hydrogen-bond acceptors (Lipinski definition) is 5. The van der Waals surface area contributed by atoms with E-state index in [-0.39, 0.29) is 12.1 Å². The lowest BCUT2D eigenvalue weighted by atomic mass is 10.2. The SMILES string of the molecule is COc1cccc(NC(=O)N2CC[C@@H](n3c(-c4ccoc4)nc4cccnc43)C2)c1. The van der Waals surface area contributed by atoms with Crippen molar-refractivity contribution < 1.29 is 13.9 Å². The number of fused-ring (bicyclic) bond motifs is 1. The van der Waals surface area contributed by atoms with Crippen LogP contribution in [0.15, 0.2) is 65.6 Å². The largest absolute Gasteiger partial charge is 0.497 e. The lowest BCUT2D eigenvalue weighted by molar-refractivity contribution is 0.221. The Morgan fingerprint density at radius 1 is 1.27 bits per heavy atom. The van der Waals surface area contributed by atoms with Crippen LogP contribution < -0.4 is 10.1 Å². The number of rotatable bonds is 4. The molecule has 5 rings (SSSR count). The number of hydrogen-bond donors (Lipinski definition) is 1. The smallest absolute Gasteiger partial charge is 0.321 e. The number of furan rings is 1. The van der Waals surface area contributed by atoms with Gasteiger partial charge in [-0.05, 0) is 36.8 Å². The molecule has 8 heteroatoms. The van der Waals surface area contributed by atoms with Crippen molar-refractivity contribution in [2.24, 2.45) is 0 Å². The topological polar surface area (TPSA) is 85.4 Å². The van der Waals surface area contributed by atoms with Crippen molar-refractivity contribution in [3.8, 4) is 17.1 Å². The number of carbonyl (C=O) groups is 1. The van der Waals surface area contributed by atoms with Crippen molar-refractivity contribution in [1.29, 1.82) is 0 Å². The predicted octanol–water partition coefficient (Wildman–Crippen LogP) is 4.18. The molecule has 1 atom stereocenters. The minimum Gasteiger partial charge on any atom is -0.497 e. The summed E-state index contributed by atoms with van der Waals surface area (Å²) in [7, 11) is 1.60. The summed E-state index contributed by atoms with van der Waals surface area (Å²) in [5, 5.41) is 2.96. The molecule has 1 aromatic carbocycles. The second-order valence-corrected chi connectivity index (χ2v) is 7.21. The summed E-state index contributed by atoms with van der Waals surface area (Å²) in [5.41, 5.74) is 3.24. The molecule has 0 unspecified atom stereocenters. The minimum atomic E-state index is -0.131. The number of ether oxygens (including phenoxy) is 1. The van der Waals surface area contributed by atoms with Crippen LogP contribution in [0, 0.1) is 0 Å². The second kappa shape index (κ2) is 7.55. The van der Waals surface area contributed by atoms with Gasteiger partial charge >= 0.3 is 6.03 Å². The fourth-order valence-electron chi connectivity index (χ4n) is 3.91. The standard InChI is InChI=1S/C22H21N5O3/c1-29-18-5-2-4-16(12-18)24-22(28)26-10-7-17(13-26)27-20(15-8-11-30-14-15)25-19-6-3-9-23-21(19)27/h2-6,8-9,11-12,14,17H,7,10,13H2,1H3,(H,24,28)/t17-/m1/s1. The molecule has 0 aliphatic carbocycles. The number of urea groups is 1. The zero-order valence-electron chi connectivity index (χ0n) is 16.5. The molecule has 0 spiro atoms. The van der Waals surface area contributed by atoms with Gasteiger partial charge in [0.1, 0.15) is 23.4 Å². The van der Waals surface area contributed by atoms with Gasteiger partial charge in [-0.3, -0.25) is 0 Å². The predicted molar refractivity (Wildman–Crippen MR) is 112 cm³/mol. The molecule has 0 saturated carbocycles. The maximum Gasteiger partial charge on any atom is 0.321 e. The van der Waals surface area contributed by atoms with E-state index in [0.29, 0.717) is 24.5 Å². The van der Waals surface area contributed by atoms with Crippen LogP contribution in [-0.2, 0) is 0 Å². The van der Waals surface area contributed by atoms with Crippen molar-refractivity contribution in [2.75, 3.05) is 25.5 Å². The van der Waals surface area contributed by atoms with Crippen LogP contribution in [0.1, 0.15) is 12.5 Å². The molecule has 1 fully saturated rings. The molecule has 0 radical (unpaired) electrons. The summed E-state index contributed by atoms with van der Waals surface area (Å²) in [6, 6.07) is 13.0. The summed E-state index contributed by atoms with van der Waals surface area (Å²) in [6.07, 6.45) is 5.90. The molecule has 1 aliphatic rings. The molecule has 3 aromatic heterocycles. The third-order valence-corrected chi connectivity index (χ3v) is 5.36. The zero-order valence-corrected chi connectivity index (χ0v) is 16.5. The van der Waals surface area contributed by atoms with Gasteiger partial charge in [0.05, 0.1) is 25.0 Å². The van der Waals surface area contributed by atoms with Gasteiger partial charge in [-0.15, -0.1) is 0 Å². The quantitative estimate of drug-likeness (QED) is 0.553. The molecule has 4 heterocycles. The van der Waals surface area contributed by atoms with Crippen LogP contribution >= 0.6 is 0 Å². The highest BCUT2D eigenvalue weighted by Gasteiger charge is 2.31. The first-order valence-corrected chi connectivity index (χ1v) is 9.78. The van der Waals surface area contributed by atoms with E-state index >= 15 is 0 Å². The van der Waals surface area contributed by atoms with Gasteiger partial charge in [0, 0.05) is 31.0 Å². The maximum atomic E-state index is 12.8. The Morgan fingerprint density at radius 2 is 2.20 bits per heavy atom. The Kier molecular flexibility index (Phi) is 4.59. The van der Waals surface area contributed by atoms with Crippen molar-refractivity contribution >= 4 is 22.9 Å². The van der Waals surface area contributed by atoms with E-state index in [0.717, 1.165) is 29.0 Å². The first kappa shape index (κ1) is 18.2. The van der Waals surface area contributed by atoms with Crippen molar-refractivity contribution in [3.05, 3.63) is 61.2 Å². The highest BCUT2D eigenvalue weighted by molar-refractivity contribution is 5.89. The third kappa shape index (κ3) is 3.26. The van der Waals surface area contributed by atoms with Crippen molar-refractivity contribution in [1.82, 2.24) is 19.4 Å². The number of pyridine rings is 1. The van der Waals surface area contributed by atoms with Gasteiger partial charge in [0.25, 0.3) is 0 Å². The van der Waals surface area contributed by atoms with Gasteiger partial charge in [0.2, 0.25) is 0 Å². The van der Waals surface area contributed by atoms with E-state index in [4.69, 9.17) is 14.1 Å². The molecule has 30 heavy (non-hydrogen) atoms. The Bertz CT molecular complexity index is 1180. The number of amides is 2. The lowest BCUT2D eigenvalue weighted by Gasteiger charge is -2.19. The average Bonchev–Trinajstić information content (AvgIpc) is 3.52. The Hall–Kier alpha value is -3.81. The minimum absolute atomic E-state index is 0.0749. The number of nitrogens with zero attached hydrogens (tertiary/aromatic N) is 4. The Balaban J connectivity index is 1.40. The summed E-state index contributed by atoms with van der Waals surface area (Å²) in [6.45, 7) is 1.22. The maximum absolute atomic E-state index is 12.8. The second-order valence-electron chi connectivity index (χ2n) is 7.21. The molecule has 1 N–H and O–H groups in total. The van der Waals surface area contributed by atoms with Gasteiger partial charge < -0.3 is 23.9 Å². The average molecular weight is 403 g/mol. The van der Waals surface area contributed by atoms with E-state index in [1.54, 1.807) is 31.9 Å². The van der Waals surface area contributed by atoms with Crippen LogP contribution in [0.2, 0.25) is 0 Å². The fourth-order valence-corrected chi connectivity index (χ4v) is 3.91. The number of imidazole rings is 1. The first-order valence-electron chi connectivity index (χ1n) is 9.78. The summed E-state index contributed by atoms with van der Waals surface area (Å²) in [4.78, 5) is 24.0. The normalized spacial score (nSPS) is 16.2. The summed E-state index contributed by atoms with van der Waals surface area (Å²) >= 11 is 0. The molecular weight excluding hydrogens is 382 g/mol. The van der Waals surface area contributed by atoms with Crippen LogP contribution in [-0.4, -0.2) is 45.7 Å². The molecule has 2 amide bonds. The summed E-state index contributed by atoms with van der Waals surface area (Å²) in [5.74, 6) is 1.50. The number of methoxy groups -OCH3 is 1. The lowest BCUT2D eigenvalue weighted by Crippen LogP contribution is -2.33. The number of aromatic nitrogens is 3. The molecule has 0 bridgehead atoms. The molecular formula is C22H21N5O3. The van der Waals surface area contributed by atoms with Crippen LogP contribution in [0.4, 0.5) is 10.5 Å². The molecule has 1 saturated heterocycles. The van der Waals surface area contributed by atoms with Crippen LogP contribution in [0.3, 0.4) is 0 Å². The Morgan fingerprint density at radius 3 is 3.03 bits per heavy atom. The number of anilines is 1. The fraction of sp³-hybridized carbons (Fsp3) is 0.227. The van der Waals surface area contributed by atoms with Gasteiger partial charge in [-0.2, -0.15) is 0 Å². The number of likely N-dealkylation sites (tertiary alicyclic amines) is 1. The van der Waals surface area contributed by atoms with Crippen LogP contribution in [0.25, 0.3) is 22.6 Å². The number of benzene rings is 1. The molecule has 4 aromatic rings. The van der Waals surface area contributed by atoms with Gasteiger partial charge in [-0.1, -0.05) is 6.07 Å². The highest BCUT2D eigenvalue weighted by atomic mass is 16.5. The van der Waals surface area contributed by atoms with Crippen LogP contribution in [0.5, 0.6) is 5.75 Å². The third-order valence-electron chi connectivity index (χ3n) is 5.36. The van der Waals surface area contributed by atoms with Crippen molar-refractivity contribution in [2.45, 2.75) is 12.5 Å². The Labute approximate surface area is 173 Å². The summed E-state index contributed by atoms with van der Waals surface area (Å²) < 4.78 is 12.6.